The summed E-state index contributed by atoms with van der Waals surface area (Å²) in [6.45, 7) is 0.138. The quantitative estimate of drug-likeness (QED) is 0.327. The first-order chi connectivity index (χ1) is 13.9. The number of hydrogen-bond donors (Lipinski definition) is 3. The molecular formula is C20H17N3O5S. The van der Waals surface area contributed by atoms with Crippen LogP contribution in [-0.2, 0) is 16.1 Å². The van der Waals surface area contributed by atoms with E-state index in [1.54, 1.807) is 12.1 Å². The molecular weight excluding hydrogens is 394 g/mol. The highest BCUT2D eigenvalue weighted by Crippen LogP contribution is 2.28. The number of benzene rings is 2. The molecule has 0 aliphatic rings. The van der Waals surface area contributed by atoms with Crippen LogP contribution in [0.2, 0.25) is 0 Å². The molecule has 0 spiro atoms. The minimum atomic E-state index is -0.875. The van der Waals surface area contributed by atoms with E-state index in [9.17, 15) is 24.8 Å². The normalized spacial score (nSPS) is 11.5. The third-order valence-corrected chi connectivity index (χ3v) is 5.17. The summed E-state index contributed by atoms with van der Waals surface area (Å²) in [6.07, 6.45) is -0.754. The Bertz CT molecular complexity index is 1020. The van der Waals surface area contributed by atoms with E-state index in [-0.39, 0.29) is 17.9 Å². The maximum atomic E-state index is 12.0. The summed E-state index contributed by atoms with van der Waals surface area (Å²) in [7, 11) is 0. The smallest absolute Gasteiger partial charge is 0.313 e. The summed E-state index contributed by atoms with van der Waals surface area (Å²) in [6, 6.07) is 17.9. The van der Waals surface area contributed by atoms with Gasteiger partial charge in [-0.3, -0.25) is 19.7 Å². The molecule has 0 saturated heterocycles. The van der Waals surface area contributed by atoms with Crippen molar-refractivity contribution in [1.29, 1.82) is 0 Å². The third kappa shape index (κ3) is 5.24. The lowest BCUT2D eigenvalue weighted by atomic mass is 10.1. The number of nitro benzene ring substituents is 1. The standard InChI is InChI=1S/C20H17N3O5S/c24-18(13-4-2-1-3-5-13)17-11-10-16(29-17)12-21-19(25)20(26)22-14-6-8-15(9-7-14)23(27)28/h1-11,18,24H,12H2,(H,21,25)(H,22,26). The van der Waals surface area contributed by atoms with Gasteiger partial charge in [0.2, 0.25) is 0 Å². The molecule has 3 N–H and O–H groups in total. The molecule has 2 aromatic carbocycles. The zero-order chi connectivity index (χ0) is 20.8. The van der Waals surface area contributed by atoms with Crippen molar-refractivity contribution in [3.05, 3.63) is 92.2 Å². The number of thiophene rings is 1. The summed E-state index contributed by atoms with van der Waals surface area (Å²) in [4.78, 5) is 35.5. The Labute approximate surface area is 170 Å². The fourth-order valence-electron chi connectivity index (χ4n) is 2.54. The van der Waals surface area contributed by atoms with E-state index < -0.39 is 22.8 Å². The van der Waals surface area contributed by atoms with Crippen LogP contribution in [0.1, 0.15) is 21.4 Å². The van der Waals surface area contributed by atoms with Gasteiger partial charge in [0.15, 0.2) is 0 Å². The maximum Gasteiger partial charge on any atom is 0.313 e. The fraction of sp³-hybridized carbons (Fsp3) is 0.100. The summed E-state index contributed by atoms with van der Waals surface area (Å²) in [5, 5.41) is 25.9. The molecule has 3 rings (SSSR count). The van der Waals surface area contributed by atoms with E-state index >= 15 is 0 Å². The summed E-state index contributed by atoms with van der Waals surface area (Å²) in [5.74, 6) is -1.71. The molecule has 0 saturated carbocycles. The molecule has 148 valence electrons. The van der Waals surface area contributed by atoms with Gasteiger partial charge in [-0.1, -0.05) is 30.3 Å². The lowest BCUT2D eigenvalue weighted by molar-refractivity contribution is -0.384. The Morgan fingerprint density at radius 1 is 1.00 bits per heavy atom. The van der Waals surface area contributed by atoms with Crippen LogP contribution in [-0.4, -0.2) is 21.8 Å². The monoisotopic (exact) mass is 411 g/mol. The number of hydrogen-bond acceptors (Lipinski definition) is 6. The van der Waals surface area contributed by atoms with Crippen molar-refractivity contribution in [3.63, 3.8) is 0 Å². The van der Waals surface area contributed by atoms with Gasteiger partial charge in [-0.05, 0) is 29.8 Å². The van der Waals surface area contributed by atoms with Crippen molar-refractivity contribution in [3.8, 4) is 0 Å². The van der Waals surface area contributed by atoms with Gasteiger partial charge in [-0.2, -0.15) is 0 Å². The number of aliphatic hydroxyl groups is 1. The predicted molar refractivity (Wildman–Crippen MR) is 108 cm³/mol. The van der Waals surface area contributed by atoms with Gasteiger partial charge in [-0.25, -0.2) is 0 Å². The lowest BCUT2D eigenvalue weighted by Crippen LogP contribution is -2.34. The number of nitro groups is 1. The van der Waals surface area contributed by atoms with E-state index in [0.717, 1.165) is 15.3 Å². The number of non-ortho nitro benzene ring substituents is 1. The highest BCUT2D eigenvalue weighted by molar-refractivity contribution is 7.12. The topological polar surface area (TPSA) is 122 Å². The molecule has 9 heteroatoms. The molecule has 0 bridgehead atoms. The summed E-state index contributed by atoms with van der Waals surface area (Å²) >= 11 is 1.34. The number of nitrogens with zero attached hydrogens (tertiary/aromatic N) is 1. The van der Waals surface area contributed by atoms with Crippen LogP contribution in [0.5, 0.6) is 0 Å². The molecule has 0 aliphatic carbocycles. The molecule has 1 aromatic heterocycles. The van der Waals surface area contributed by atoms with Crippen LogP contribution in [0.15, 0.2) is 66.7 Å². The average Bonchev–Trinajstić information content (AvgIpc) is 3.21. The Balaban J connectivity index is 1.53. The molecule has 8 nitrogen and oxygen atoms in total. The van der Waals surface area contributed by atoms with Crippen LogP contribution < -0.4 is 10.6 Å². The fourth-order valence-corrected chi connectivity index (χ4v) is 3.51. The molecule has 3 aromatic rings. The van der Waals surface area contributed by atoms with Crippen LogP contribution in [0.4, 0.5) is 11.4 Å². The second-order valence-corrected chi connectivity index (χ2v) is 7.26. The van der Waals surface area contributed by atoms with E-state index in [2.05, 4.69) is 10.6 Å². The second kappa shape index (κ2) is 9.09. The number of carbonyl (C=O) groups excluding carboxylic acids is 2. The van der Waals surface area contributed by atoms with Gasteiger partial charge in [0, 0.05) is 27.6 Å². The largest absolute Gasteiger partial charge is 0.383 e. The van der Waals surface area contributed by atoms with Crippen LogP contribution in [0.25, 0.3) is 0 Å². The summed E-state index contributed by atoms with van der Waals surface area (Å²) in [5.41, 5.74) is 0.936. The van der Waals surface area contributed by atoms with Gasteiger partial charge in [0.1, 0.15) is 6.10 Å². The molecule has 0 fully saturated rings. The van der Waals surface area contributed by atoms with Gasteiger partial charge in [0.25, 0.3) is 5.69 Å². The van der Waals surface area contributed by atoms with Crippen molar-refractivity contribution in [2.45, 2.75) is 12.6 Å². The van der Waals surface area contributed by atoms with E-state index in [4.69, 9.17) is 0 Å². The predicted octanol–water partition coefficient (Wildman–Crippen LogP) is 2.99. The van der Waals surface area contributed by atoms with Gasteiger partial charge >= 0.3 is 11.8 Å². The van der Waals surface area contributed by atoms with Crippen molar-refractivity contribution in [2.75, 3.05) is 5.32 Å². The second-order valence-electron chi connectivity index (χ2n) is 6.06. The average molecular weight is 411 g/mol. The lowest BCUT2D eigenvalue weighted by Gasteiger charge is -2.08. The minimum Gasteiger partial charge on any atom is -0.383 e. The molecule has 0 aliphatic heterocycles. The van der Waals surface area contributed by atoms with Crippen molar-refractivity contribution in [1.82, 2.24) is 5.32 Å². The summed E-state index contributed by atoms with van der Waals surface area (Å²) < 4.78 is 0. The van der Waals surface area contributed by atoms with E-state index in [1.807, 2.05) is 30.3 Å². The first-order valence-corrected chi connectivity index (χ1v) is 9.41. The van der Waals surface area contributed by atoms with Crippen molar-refractivity contribution >= 4 is 34.5 Å². The Hall–Kier alpha value is -3.56. The Morgan fingerprint density at radius 2 is 1.69 bits per heavy atom. The van der Waals surface area contributed by atoms with E-state index in [0.29, 0.717) is 0 Å². The van der Waals surface area contributed by atoms with Crippen LogP contribution in [0.3, 0.4) is 0 Å². The van der Waals surface area contributed by atoms with E-state index in [1.165, 1.54) is 35.6 Å². The Morgan fingerprint density at radius 3 is 2.34 bits per heavy atom. The Kier molecular flexibility index (Phi) is 6.32. The zero-order valence-corrected chi connectivity index (χ0v) is 15.9. The molecule has 1 unspecified atom stereocenters. The number of aliphatic hydroxyl groups excluding tert-OH is 1. The van der Waals surface area contributed by atoms with Crippen molar-refractivity contribution in [2.24, 2.45) is 0 Å². The number of amides is 2. The van der Waals surface area contributed by atoms with Gasteiger partial charge in [-0.15, -0.1) is 11.3 Å². The highest BCUT2D eigenvalue weighted by Gasteiger charge is 2.16. The van der Waals surface area contributed by atoms with Gasteiger partial charge in [0.05, 0.1) is 11.5 Å². The van der Waals surface area contributed by atoms with Crippen molar-refractivity contribution < 1.29 is 19.6 Å². The molecule has 0 radical (unpaired) electrons. The zero-order valence-electron chi connectivity index (χ0n) is 15.1. The van der Waals surface area contributed by atoms with Gasteiger partial charge < -0.3 is 15.7 Å². The first kappa shape index (κ1) is 20.2. The van der Waals surface area contributed by atoms with Crippen LogP contribution in [0, 0.1) is 10.1 Å². The number of carbonyl (C=O) groups is 2. The first-order valence-electron chi connectivity index (χ1n) is 8.59. The molecule has 1 heterocycles. The third-order valence-electron chi connectivity index (χ3n) is 4.03. The van der Waals surface area contributed by atoms with Crippen LogP contribution >= 0.6 is 11.3 Å². The minimum absolute atomic E-state index is 0.112. The SMILES string of the molecule is O=C(NCc1ccc(C(O)c2ccccc2)s1)C(=O)Nc1ccc([N+](=O)[O-])cc1. The number of nitrogens with one attached hydrogen (secondary N) is 2. The number of rotatable bonds is 6. The molecule has 1 atom stereocenters. The molecule has 29 heavy (non-hydrogen) atoms. The molecule has 2 amide bonds. The maximum absolute atomic E-state index is 12.0. The number of anilines is 1. The highest BCUT2D eigenvalue weighted by atomic mass is 32.1.